The van der Waals surface area contributed by atoms with E-state index in [1.165, 1.54) is 25.0 Å². The quantitative estimate of drug-likeness (QED) is 0.628. The van der Waals surface area contributed by atoms with Crippen molar-refractivity contribution in [2.75, 3.05) is 0 Å². The zero-order valence-electron chi connectivity index (χ0n) is 7.17. The molecule has 0 bridgehead atoms. The summed E-state index contributed by atoms with van der Waals surface area (Å²) in [5.74, 6) is 0. The Kier molecular flexibility index (Phi) is 1.31. The smallest absolute Gasteiger partial charge is 0.0492 e. The number of rotatable bonds is 2. The van der Waals surface area contributed by atoms with E-state index in [9.17, 15) is 0 Å². The average Bonchev–Trinajstić information content (AvgIpc) is 2.54. The molecule has 1 aromatic heterocycles. The van der Waals surface area contributed by atoms with E-state index in [-0.39, 0.29) is 0 Å². The minimum Gasteiger partial charge on any atom is -0.273 e. The van der Waals surface area contributed by atoms with Crippen molar-refractivity contribution in [1.29, 1.82) is 0 Å². The highest BCUT2D eigenvalue weighted by molar-refractivity contribution is 5.07. The van der Waals surface area contributed by atoms with E-state index in [1.54, 1.807) is 0 Å². The van der Waals surface area contributed by atoms with Crippen LogP contribution in [0, 0.1) is 5.41 Å². The van der Waals surface area contributed by atoms with Gasteiger partial charge in [-0.25, -0.2) is 0 Å². The van der Waals surface area contributed by atoms with Crippen LogP contribution in [0.4, 0.5) is 0 Å². The van der Waals surface area contributed by atoms with Crippen molar-refractivity contribution < 1.29 is 0 Å². The van der Waals surface area contributed by atoms with Crippen LogP contribution in [0.1, 0.15) is 25.5 Å². The van der Waals surface area contributed by atoms with Crippen LogP contribution in [0.15, 0.2) is 12.3 Å². The zero-order chi connectivity index (χ0) is 7.90. The first-order valence-electron chi connectivity index (χ1n) is 4.17. The van der Waals surface area contributed by atoms with Gasteiger partial charge in [-0.2, -0.15) is 5.10 Å². The van der Waals surface area contributed by atoms with E-state index in [0.29, 0.717) is 5.41 Å². The SMILES string of the molecule is Cn1nccc1CC1(C)CC1. The van der Waals surface area contributed by atoms with E-state index in [4.69, 9.17) is 0 Å². The van der Waals surface area contributed by atoms with Gasteiger partial charge in [0.15, 0.2) is 0 Å². The van der Waals surface area contributed by atoms with Gasteiger partial charge in [-0.15, -0.1) is 0 Å². The van der Waals surface area contributed by atoms with Gasteiger partial charge in [-0.1, -0.05) is 6.92 Å². The van der Waals surface area contributed by atoms with Gasteiger partial charge < -0.3 is 0 Å². The lowest BCUT2D eigenvalue weighted by atomic mass is 10.0. The normalized spacial score (nSPS) is 20.2. The lowest BCUT2D eigenvalue weighted by molar-refractivity contribution is 0.537. The largest absolute Gasteiger partial charge is 0.273 e. The molecule has 2 nitrogen and oxygen atoms in total. The Morgan fingerprint density at radius 3 is 2.82 bits per heavy atom. The van der Waals surface area contributed by atoms with Gasteiger partial charge in [0.05, 0.1) is 0 Å². The molecular formula is C9H14N2. The van der Waals surface area contributed by atoms with Crippen LogP contribution in [0.3, 0.4) is 0 Å². The molecule has 0 amide bonds. The predicted molar refractivity (Wildman–Crippen MR) is 44.3 cm³/mol. The number of aryl methyl sites for hydroxylation is 1. The Morgan fingerprint density at radius 1 is 1.64 bits per heavy atom. The predicted octanol–water partition coefficient (Wildman–Crippen LogP) is 1.76. The Morgan fingerprint density at radius 2 is 2.36 bits per heavy atom. The van der Waals surface area contributed by atoms with Crippen molar-refractivity contribution in [2.45, 2.75) is 26.2 Å². The second-order valence-electron chi connectivity index (χ2n) is 3.93. The first-order valence-corrected chi connectivity index (χ1v) is 4.17. The van der Waals surface area contributed by atoms with E-state index in [0.717, 1.165) is 0 Å². The van der Waals surface area contributed by atoms with E-state index in [1.807, 2.05) is 17.9 Å². The molecule has 0 unspecified atom stereocenters. The molecule has 1 heterocycles. The molecule has 1 aliphatic rings. The summed E-state index contributed by atoms with van der Waals surface area (Å²) >= 11 is 0. The third-order valence-corrected chi connectivity index (χ3v) is 2.63. The summed E-state index contributed by atoms with van der Waals surface area (Å²) in [7, 11) is 2.01. The van der Waals surface area contributed by atoms with Crippen LogP contribution in [-0.4, -0.2) is 9.78 Å². The minimum absolute atomic E-state index is 0.605. The van der Waals surface area contributed by atoms with Gasteiger partial charge in [0.1, 0.15) is 0 Å². The Hall–Kier alpha value is -0.790. The second kappa shape index (κ2) is 2.10. The Balaban J connectivity index is 2.12. The van der Waals surface area contributed by atoms with Crippen molar-refractivity contribution in [3.05, 3.63) is 18.0 Å². The summed E-state index contributed by atoms with van der Waals surface area (Å²) in [4.78, 5) is 0. The fourth-order valence-corrected chi connectivity index (χ4v) is 1.40. The maximum Gasteiger partial charge on any atom is 0.0492 e. The van der Waals surface area contributed by atoms with Crippen LogP contribution in [0.2, 0.25) is 0 Å². The monoisotopic (exact) mass is 150 g/mol. The molecule has 0 atom stereocenters. The Bertz CT molecular complexity index is 258. The molecule has 0 radical (unpaired) electrons. The molecule has 2 heteroatoms. The summed E-state index contributed by atoms with van der Waals surface area (Å²) in [6, 6.07) is 2.11. The van der Waals surface area contributed by atoms with Gasteiger partial charge >= 0.3 is 0 Å². The van der Waals surface area contributed by atoms with Gasteiger partial charge in [0.2, 0.25) is 0 Å². The van der Waals surface area contributed by atoms with E-state index >= 15 is 0 Å². The molecule has 0 spiro atoms. The molecule has 1 saturated carbocycles. The summed E-state index contributed by atoms with van der Waals surface area (Å²) < 4.78 is 1.98. The molecule has 1 fully saturated rings. The average molecular weight is 150 g/mol. The lowest BCUT2D eigenvalue weighted by Crippen LogP contribution is -2.04. The van der Waals surface area contributed by atoms with Crippen LogP contribution < -0.4 is 0 Å². The van der Waals surface area contributed by atoms with E-state index < -0.39 is 0 Å². The van der Waals surface area contributed by atoms with Crippen molar-refractivity contribution in [3.8, 4) is 0 Å². The molecule has 1 aromatic rings. The highest BCUT2D eigenvalue weighted by Crippen LogP contribution is 2.47. The van der Waals surface area contributed by atoms with Gasteiger partial charge in [0, 0.05) is 18.9 Å². The summed E-state index contributed by atoms with van der Waals surface area (Å²) in [5.41, 5.74) is 1.97. The molecular weight excluding hydrogens is 136 g/mol. The molecule has 2 rings (SSSR count). The molecule has 0 aromatic carbocycles. The summed E-state index contributed by atoms with van der Waals surface area (Å²) in [6.45, 7) is 2.35. The molecule has 11 heavy (non-hydrogen) atoms. The first-order chi connectivity index (χ1) is 5.20. The number of aromatic nitrogens is 2. The fourth-order valence-electron chi connectivity index (χ4n) is 1.40. The molecule has 0 saturated heterocycles. The van der Waals surface area contributed by atoms with Gasteiger partial charge in [0.25, 0.3) is 0 Å². The first kappa shape index (κ1) is 6.89. The highest BCUT2D eigenvalue weighted by atomic mass is 15.3. The van der Waals surface area contributed by atoms with Crippen molar-refractivity contribution >= 4 is 0 Å². The van der Waals surface area contributed by atoms with Crippen molar-refractivity contribution in [3.63, 3.8) is 0 Å². The lowest BCUT2D eigenvalue weighted by Gasteiger charge is -2.06. The minimum atomic E-state index is 0.605. The second-order valence-corrected chi connectivity index (χ2v) is 3.93. The number of hydrogen-bond donors (Lipinski definition) is 0. The van der Waals surface area contributed by atoms with Crippen LogP contribution >= 0.6 is 0 Å². The number of nitrogens with zero attached hydrogens (tertiary/aromatic N) is 2. The van der Waals surface area contributed by atoms with Crippen molar-refractivity contribution in [1.82, 2.24) is 9.78 Å². The molecule has 0 aliphatic heterocycles. The summed E-state index contributed by atoms with van der Waals surface area (Å²) in [6.07, 6.45) is 5.85. The Labute approximate surface area is 67.2 Å². The van der Waals surface area contributed by atoms with Crippen molar-refractivity contribution in [2.24, 2.45) is 12.5 Å². The molecule has 60 valence electrons. The molecule has 0 N–H and O–H groups in total. The number of hydrogen-bond acceptors (Lipinski definition) is 1. The van der Waals surface area contributed by atoms with Gasteiger partial charge in [-0.05, 0) is 30.7 Å². The topological polar surface area (TPSA) is 17.8 Å². The molecule has 1 aliphatic carbocycles. The third-order valence-electron chi connectivity index (χ3n) is 2.63. The van der Waals surface area contributed by atoms with Gasteiger partial charge in [-0.3, -0.25) is 4.68 Å². The van der Waals surface area contributed by atoms with Crippen LogP contribution in [-0.2, 0) is 13.5 Å². The standard InChI is InChI=1S/C9H14N2/c1-9(4-5-9)7-8-3-6-10-11(8)2/h3,6H,4-5,7H2,1-2H3. The van der Waals surface area contributed by atoms with Crippen LogP contribution in [0.5, 0.6) is 0 Å². The maximum atomic E-state index is 4.15. The fraction of sp³-hybridized carbons (Fsp3) is 0.667. The van der Waals surface area contributed by atoms with Crippen LogP contribution in [0.25, 0.3) is 0 Å². The summed E-state index contributed by atoms with van der Waals surface area (Å²) in [5, 5.41) is 4.15. The highest BCUT2D eigenvalue weighted by Gasteiger charge is 2.37. The third kappa shape index (κ3) is 1.30. The zero-order valence-corrected chi connectivity index (χ0v) is 7.17. The maximum absolute atomic E-state index is 4.15. The van der Waals surface area contributed by atoms with E-state index in [2.05, 4.69) is 18.1 Å².